The summed E-state index contributed by atoms with van der Waals surface area (Å²) in [5.74, 6) is 0. The van der Waals surface area contributed by atoms with E-state index in [4.69, 9.17) is 0 Å². The Morgan fingerprint density at radius 2 is 2.07 bits per heavy atom. The number of benzene rings is 1. The first-order valence-electron chi connectivity index (χ1n) is 6.05. The minimum Gasteiger partial charge on any atom is -0.310 e. The molecule has 0 saturated carbocycles. The Bertz CT molecular complexity index is 280. The lowest BCUT2D eigenvalue weighted by atomic mass is 10.1. The first-order chi connectivity index (χ1) is 7.26. The van der Waals surface area contributed by atoms with Gasteiger partial charge >= 0.3 is 0 Å². The fourth-order valence-electron chi connectivity index (χ4n) is 1.88. The molecule has 1 aromatic carbocycles. The van der Waals surface area contributed by atoms with Gasteiger partial charge in [-0.25, -0.2) is 0 Å². The van der Waals surface area contributed by atoms with Crippen molar-refractivity contribution >= 4 is 0 Å². The summed E-state index contributed by atoms with van der Waals surface area (Å²) in [6.07, 6.45) is 3.77. The van der Waals surface area contributed by atoms with Crippen molar-refractivity contribution in [2.24, 2.45) is 0 Å². The van der Waals surface area contributed by atoms with Crippen molar-refractivity contribution in [2.45, 2.75) is 52.6 Å². The standard InChI is InChI=1S/C14H23N/c1-4-7-14(5-2)15-11-13-9-6-8-12(3)10-13/h6,8-10,14-15H,4-5,7,11H2,1-3H3. The zero-order chi connectivity index (χ0) is 11.1. The van der Waals surface area contributed by atoms with Gasteiger partial charge in [0, 0.05) is 12.6 Å². The molecule has 0 aliphatic rings. The smallest absolute Gasteiger partial charge is 0.0208 e. The van der Waals surface area contributed by atoms with Crippen LogP contribution in [0.1, 0.15) is 44.2 Å². The summed E-state index contributed by atoms with van der Waals surface area (Å²) >= 11 is 0. The number of hydrogen-bond donors (Lipinski definition) is 1. The van der Waals surface area contributed by atoms with Gasteiger partial charge in [0.1, 0.15) is 0 Å². The van der Waals surface area contributed by atoms with E-state index in [2.05, 4.69) is 50.4 Å². The van der Waals surface area contributed by atoms with E-state index < -0.39 is 0 Å². The second-order valence-electron chi connectivity index (χ2n) is 4.26. The zero-order valence-electron chi connectivity index (χ0n) is 10.2. The van der Waals surface area contributed by atoms with Gasteiger partial charge in [-0.2, -0.15) is 0 Å². The molecular formula is C14H23N. The van der Waals surface area contributed by atoms with Crippen LogP contribution in [0.15, 0.2) is 24.3 Å². The Morgan fingerprint density at radius 1 is 1.27 bits per heavy atom. The van der Waals surface area contributed by atoms with E-state index >= 15 is 0 Å². The lowest BCUT2D eigenvalue weighted by molar-refractivity contribution is 0.462. The second-order valence-corrected chi connectivity index (χ2v) is 4.26. The lowest BCUT2D eigenvalue weighted by Crippen LogP contribution is -2.27. The Balaban J connectivity index is 2.41. The maximum Gasteiger partial charge on any atom is 0.0208 e. The minimum absolute atomic E-state index is 0.676. The molecule has 84 valence electrons. The van der Waals surface area contributed by atoms with Crippen LogP contribution in [-0.4, -0.2) is 6.04 Å². The summed E-state index contributed by atoms with van der Waals surface area (Å²) in [5.41, 5.74) is 2.74. The summed E-state index contributed by atoms with van der Waals surface area (Å²) < 4.78 is 0. The first kappa shape index (κ1) is 12.3. The highest BCUT2D eigenvalue weighted by Gasteiger charge is 2.03. The van der Waals surface area contributed by atoms with Crippen molar-refractivity contribution < 1.29 is 0 Å². The highest BCUT2D eigenvalue weighted by molar-refractivity contribution is 5.21. The number of nitrogens with one attached hydrogen (secondary N) is 1. The van der Waals surface area contributed by atoms with Crippen LogP contribution in [0.5, 0.6) is 0 Å². The second kappa shape index (κ2) is 6.62. The van der Waals surface area contributed by atoms with Gasteiger partial charge in [-0.05, 0) is 25.3 Å². The molecule has 0 amide bonds. The molecule has 1 rings (SSSR count). The van der Waals surface area contributed by atoms with Gasteiger partial charge in [-0.15, -0.1) is 0 Å². The van der Waals surface area contributed by atoms with Gasteiger partial charge < -0.3 is 5.32 Å². The van der Waals surface area contributed by atoms with Crippen LogP contribution in [0.4, 0.5) is 0 Å². The van der Waals surface area contributed by atoms with Gasteiger partial charge in [0.15, 0.2) is 0 Å². The third-order valence-corrected chi connectivity index (χ3v) is 2.81. The molecule has 0 saturated heterocycles. The van der Waals surface area contributed by atoms with E-state index in [0.717, 1.165) is 6.54 Å². The molecule has 0 radical (unpaired) electrons. The van der Waals surface area contributed by atoms with E-state index in [1.165, 1.54) is 30.4 Å². The summed E-state index contributed by atoms with van der Waals surface area (Å²) in [7, 11) is 0. The number of aryl methyl sites for hydroxylation is 1. The summed E-state index contributed by atoms with van der Waals surface area (Å²) in [6.45, 7) is 7.65. The molecule has 1 aromatic rings. The van der Waals surface area contributed by atoms with Crippen molar-refractivity contribution in [1.29, 1.82) is 0 Å². The SMILES string of the molecule is CCCC(CC)NCc1cccc(C)c1. The van der Waals surface area contributed by atoms with E-state index in [1.54, 1.807) is 0 Å². The number of hydrogen-bond acceptors (Lipinski definition) is 1. The van der Waals surface area contributed by atoms with Crippen molar-refractivity contribution in [3.05, 3.63) is 35.4 Å². The maximum atomic E-state index is 3.61. The van der Waals surface area contributed by atoms with Crippen molar-refractivity contribution in [3.8, 4) is 0 Å². The molecule has 0 heterocycles. The Kier molecular flexibility index (Phi) is 5.41. The molecule has 15 heavy (non-hydrogen) atoms. The molecule has 0 fully saturated rings. The summed E-state index contributed by atoms with van der Waals surface area (Å²) in [4.78, 5) is 0. The Hall–Kier alpha value is -0.820. The molecule has 0 aromatic heterocycles. The van der Waals surface area contributed by atoms with E-state index in [0.29, 0.717) is 6.04 Å². The van der Waals surface area contributed by atoms with Crippen LogP contribution in [-0.2, 0) is 6.54 Å². The van der Waals surface area contributed by atoms with Crippen LogP contribution in [0.25, 0.3) is 0 Å². The zero-order valence-corrected chi connectivity index (χ0v) is 10.2. The van der Waals surface area contributed by atoms with Crippen LogP contribution in [0.3, 0.4) is 0 Å². The number of rotatable bonds is 6. The van der Waals surface area contributed by atoms with Crippen molar-refractivity contribution in [2.75, 3.05) is 0 Å². The van der Waals surface area contributed by atoms with Gasteiger partial charge in [-0.3, -0.25) is 0 Å². The molecule has 1 nitrogen and oxygen atoms in total. The predicted octanol–water partition coefficient (Wildman–Crippen LogP) is 3.66. The molecule has 0 aliphatic heterocycles. The fraction of sp³-hybridized carbons (Fsp3) is 0.571. The molecular weight excluding hydrogens is 182 g/mol. The molecule has 1 heteroatoms. The predicted molar refractivity (Wildman–Crippen MR) is 67.0 cm³/mol. The monoisotopic (exact) mass is 205 g/mol. The summed E-state index contributed by atoms with van der Waals surface area (Å²) in [6, 6.07) is 9.40. The fourth-order valence-corrected chi connectivity index (χ4v) is 1.88. The van der Waals surface area contributed by atoms with E-state index in [9.17, 15) is 0 Å². The van der Waals surface area contributed by atoms with E-state index in [-0.39, 0.29) is 0 Å². The normalized spacial score (nSPS) is 12.7. The highest BCUT2D eigenvalue weighted by atomic mass is 14.9. The van der Waals surface area contributed by atoms with Crippen molar-refractivity contribution in [1.82, 2.24) is 5.32 Å². The van der Waals surface area contributed by atoms with Gasteiger partial charge in [-0.1, -0.05) is 50.1 Å². The molecule has 0 aliphatic carbocycles. The molecule has 1 atom stereocenters. The van der Waals surface area contributed by atoms with Crippen LogP contribution in [0, 0.1) is 6.92 Å². The van der Waals surface area contributed by atoms with E-state index in [1.807, 2.05) is 0 Å². The average Bonchev–Trinajstić information content (AvgIpc) is 2.24. The largest absolute Gasteiger partial charge is 0.310 e. The van der Waals surface area contributed by atoms with Crippen LogP contribution >= 0.6 is 0 Å². The van der Waals surface area contributed by atoms with Crippen LogP contribution in [0.2, 0.25) is 0 Å². The van der Waals surface area contributed by atoms with Gasteiger partial charge in [0.2, 0.25) is 0 Å². The molecule has 1 unspecified atom stereocenters. The van der Waals surface area contributed by atoms with Gasteiger partial charge in [0.25, 0.3) is 0 Å². The quantitative estimate of drug-likeness (QED) is 0.747. The Labute approximate surface area is 93.9 Å². The highest BCUT2D eigenvalue weighted by Crippen LogP contribution is 2.06. The third kappa shape index (κ3) is 4.48. The third-order valence-electron chi connectivity index (χ3n) is 2.81. The topological polar surface area (TPSA) is 12.0 Å². The van der Waals surface area contributed by atoms with Crippen molar-refractivity contribution in [3.63, 3.8) is 0 Å². The maximum absolute atomic E-state index is 3.61. The summed E-state index contributed by atoms with van der Waals surface area (Å²) in [5, 5.41) is 3.61. The first-order valence-corrected chi connectivity index (χ1v) is 6.05. The molecule has 0 spiro atoms. The van der Waals surface area contributed by atoms with Gasteiger partial charge in [0.05, 0.1) is 0 Å². The minimum atomic E-state index is 0.676. The lowest BCUT2D eigenvalue weighted by Gasteiger charge is -2.16. The van der Waals surface area contributed by atoms with Crippen LogP contribution < -0.4 is 5.32 Å². The average molecular weight is 205 g/mol. The molecule has 0 bridgehead atoms. The molecule has 1 N–H and O–H groups in total. The Morgan fingerprint density at radius 3 is 2.67 bits per heavy atom.